The van der Waals surface area contributed by atoms with Gasteiger partial charge < -0.3 is 9.84 Å². The molecule has 0 bridgehead atoms. The minimum atomic E-state index is 0.226. The first-order valence-electron chi connectivity index (χ1n) is 6.22. The van der Waals surface area contributed by atoms with Crippen molar-refractivity contribution >= 4 is 11.8 Å². The molecule has 0 aliphatic carbocycles. The Kier molecular flexibility index (Phi) is 3.57. The molecule has 94 valence electrons. The van der Waals surface area contributed by atoms with Gasteiger partial charge in [0.1, 0.15) is 16.9 Å². The molecule has 2 nitrogen and oxygen atoms in total. The van der Waals surface area contributed by atoms with Crippen LogP contribution >= 0.6 is 11.8 Å². The Morgan fingerprint density at radius 2 is 1.88 bits per heavy atom. The van der Waals surface area contributed by atoms with Gasteiger partial charge in [0.25, 0.3) is 0 Å². The van der Waals surface area contributed by atoms with Crippen LogP contribution in [0.5, 0.6) is 11.5 Å². The summed E-state index contributed by atoms with van der Waals surface area (Å²) in [6, 6.07) is 0. The predicted octanol–water partition coefficient (Wildman–Crippen LogP) is 4.32. The lowest BCUT2D eigenvalue weighted by atomic mass is 10.0. The molecule has 0 saturated carbocycles. The van der Waals surface area contributed by atoms with E-state index in [9.17, 15) is 5.11 Å². The minimum absolute atomic E-state index is 0.226. The molecule has 0 unspecified atom stereocenters. The first kappa shape index (κ1) is 12.6. The van der Waals surface area contributed by atoms with Crippen LogP contribution in [0.3, 0.4) is 0 Å². The SMILES string of the molecule is CCCC[C@@H]1Oc2c(C)c(C)c(O)c(C)c2S1. The van der Waals surface area contributed by atoms with E-state index in [0.717, 1.165) is 33.8 Å². The van der Waals surface area contributed by atoms with E-state index < -0.39 is 0 Å². The summed E-state index contributed by atoms with van der Waals surface area (Å²) in [7, 11) is 0. The highest BCUT2D eigenvalue weighted by Crippen LogP contribution is 2.50. The zero-order valence-electron chi connectivity index (χ0n) is 11.0. The summed E-state index contributed by atoms with van der Waals surface area (Å²) in [6.07, 6.45) is 3.46. The van der Waals surface area contributed by atoms with Gasteiger partial charge in [-0.15, -0.1) is 0 Å². The molecular weight excluding hydrogens is 232 g/mol. The van der Waals surface area contributed by atoms with E-state index in [1.165, 1.54) is 12.8 Å². The first-order valence-corrected chi connectivity index (χ1v) is 7.10. The number of phenolic OH excluding ortho intramolecular Hbond substituents is 1. The van der Waals surface area contributed by atoms with E-state index in [2.05, 4.69) is 6.92 Å². The molecule has 1 N–H and O–H groups in total. The number of phenols is 1. The normalized spacial score (nSPS) is 18.0. The van der Waals surface area contributed by atoms with Crippen molar-refractivity contribution in [3.05, 3.63) is 16.7 Å². The van der Waals surface area contributed by atoms with Crippen molar-refractivity contribution in [1.29, 1.82) is 0 Å². The van der Waals surface area contributed by atoms with Crippen LogP contribution in [0.15, 0.2) is 4.90 Å². The molecule has 2 rings (SSSR count). The molecule has 1 aromatic rings. The van der Waals surface area contributed by atoms with Crippen LogP contribution in [0.2, 0.25) is 0 Å². The maximum Gasteiger partial charge on any atom is 0.149 e. The molecule has 0 spiro atoms. The van der Waals surface area contributed by atoms with Gasteiger partial charge in [-0.3, -0.25) is 0 Å². The van der Waals surface area contributed by atoms with Crippen LogP contribution in [-0.2, 0) is 0 Å². The number of benzene rings is 1. The van der Waals surface area contributed by atoms with Crippen LogP contribution in [0.25, 0.3) is 0 Å². The monoisotopic (exact) mass is 252 g/mol. The molecule has 0 amide bonds. The summed E-state index contributed by atoms with van der Waals surface area (Å²) in [5, 5.41) is 10.0. The van der Waals surface area contributed by atoms with Gasteiger partial charge in [0.05, 0.1) is 4.90 Å². The van der Waals surface area contributed by atoms with Crippen LogP contribution in [0, 0.1) is 20.8 Å². The van der Waals surface area contributed by atoms with Crippen molar-refractivity contribution in [3.8, 4) is 11.5 Å². The Morgan fingerprint density at radius 1 is 1.18 bits per heavy atom. The van der Waals surface area contributed by atoms with Gasteiger partial charge in [0, 0.05) is 5.56 Å². The van der Waals surface area contributed by atoms with Crippen molar-refractivity contribution < 1.29 is 9.84 Å². The number of rotatable bonds is 3. The lowest BCUT2D eigenvalue weighted by Crippen LogP contribution is -2.06. The van der Waals surface area contributed by atoms with Crippen LogP contribution in [0.4, 0.5) is 0 Å². The summed E-state index contributed by atoms with van der Waals surface area (Å²) >= 11 is 1.76. The number of ether oxygens (including phenoxy) is 1. The average Bonchev–Trinajstić information content (AvgIpc) is 2.75. The highest BCUT2D eigenvalue weighted by molar-refractivity contribution is 8.00. The Morgan fingerprint density at radius 3 is 2.53 bits per heavy atom. The highest BCUT2D eigenvalue weighted by atomic mass is 32.2. The van der Waals surface area contributed by atoms with Gasteiger partial charge in [-0.2, -0.15) is 0 Å². The third kappa shape index (κ3) is 2.13. The number of fused-ring (bicyclic) bond motifs is 1. The topological polar surface area (TPSA) is 29.5 Å². The van der Waals surface area contributed by atoms with Crippen LogP contribution in [0.1, 0.15) is 42.9 Å². The Hall–Kier alpha value is -0.830. The largest absolute Gasteiger partial charge is 0.507 e. The molecule has 17 heavy (non-hydrogen) atoms. The van der Waals surface area contributed by atoms with Crippen LogP contribution < -0.4 is 4.74 Å². The van der Waals surface area contributed by atoms with Gasteiger partial charge in [0.2, 0.25) is 0 Å². The summed E-state index contributed by atoms with van der Waals surface area (Å²) in [5.74, 6) is 1.41. The quantitative estimate of drug-likeness (QED) is 0.868. The van der Waals surface area contributed by atoms with Crippen molar-refractivity contribution in [1.82, 2.24) is 0 Å². The summed E-state index contributed by atoms with van der Waals surface area (Å²) in [4.78, 5) is 1.13. The Bertz CT molecular complexity index is 404. The molecule has 0 aromatic heterocycles. The number of hydrogen-bond acceptors (Lipinski definition) is 3. The van der Waals surface area contributed by atoms with E-state index in [1.54, 1.807) is 11.8 Å². The van der Waals surface area contributed by atoms with Gasteiger partial charge >= 0.3 is 0 Å². The second-order valence-corrected chi connectivity index (χ2v) is 5.86. The maximum absolute atomic E-state index is 10.0. The summed E-state index contributed by atoms with van der Waals surface area (Å²) in [5.41, 5.74) is 3.21. The Labute approximate surface area is 107 Å². The van der Waals surface area contributed by atoms with Gasteiger partial charge in [0.15, 0.2) is 0 Å². The van der Waals surface area contributed by atoms with E-state index in [-0.39, 0.29) is 5.44 Å². The third-order valence-corrected chi connectivity index (χ3v) is 4.77. The molecule has 1 aromatic carbocycles. The standard InChI is InChI=1S/C14H20O2S/c1-5-6-7-11-16-13-9(3)8(2)12(15)10(4)14(13)17-11/h11,15H,5-7H2,1-4H3/t11-/m1/s1. The molecule has 1 atom stereocenters. The molecule has 0 fully saturated rings. The van der Waals surface area contributed by atoms with Crippen molar-refractivity contribution in [2.24, 2.45) is 0 Å². The van der Waals surface area contributed by atoms with Crippen molar-refractivity contribution in [2.45, 2.75) is 57.3 Å². The first-order chi connectivity index (χ1) is 8.06. The molecule has 1 heterocycles. The maximum atomic E-state index is 10.0. The molecular formula is C14H20O2S. The fourth-order valence-electron chi connectivity index (χ4n) is 2.14. The van der Waals surface area contributed by atoms with Gasteiger partial charge in [-0.25, -0.2) is 0 Å². The van der Waals surface area contributed by atoms with E-state index in [4.69, 9.17) is 4.74 Å². The second kappa shape index (κ2) is 4.81. The van der Waals surface area contributed by atoms with Crippen molar-refractivity contribution in [2.75, 3.05) is 0 Å². The number of aromatic hydroxyl groups is 1. The molecule has 3 heteroatoms. The van der Waals surface area contributed by atoms with E-state index >= 15 is 0 Å². The lowest BCUT2D eigenvalue weighted by molar-refractivity contribution is 0.277. The number of hydrogen-bond donors (Lipinski definition) is 1. The van der Waals surface area contributed by atoms with Crippen LogP contribution in [-0.4, -0.2) is 10.5 Å². The molecule has 1 aliphatic heterocycles. The van der Waals surface area contributed by atoms with Crippen molar-refractivity contribution in [3.63, 3.8) is 0 Å². The molecule has 0 saturated heterocycles. The number of thioether (sulfide) groups is 1. The fraction of sp³-hybridized carbons (Fsp3) is 0.571. The molecule has 1 aliphatic rings. The third-order valence-electron chi connectivity index (χ3n) is 3.45. The highest BCUT2D eigenvalue weighted by Gasteiger charge is 2.29. The lowest BCUT2D eigenvalue weighted by Gasteiger charge is -2.12. The number of unbranched alkanes of at least 4 members (excludes halogenated alkanes) is 1. The average molecular weight is 252 g/mol. The second-order valence-electron chi connectivity index (χ2n) is 4.69. The van der Waals surface area contributed by atoms with E-state index in [1.807, 2.05) is 20.8 Å². The van der Waals surface area contributed by atoms with Gasteiger partial charge in [-0.05, 0) is 44.7 Å². The summed E-state index contributed by atoms with van der Waals surface area (Å²) < 4.78 is 6.01. The smallest absolute Gasteiger partial charge is 0.149 e. The zero-order valence-corrected chi connectivity index (χ0v) is 11.8. The fourth-order valence-corrected chi connectivity index (χ4v) is 3.41. The predicted molar refractivity (Wildman–Crippen MR) is 72.1 cm³/mol. The molecule has 0 radical (unpaired) electrons. The summed E-state index contributed by atoms with van der Waals surface area (Å²) in [6.45, 7) is 8.14. The van der Waals surface area contributed by atoms with E-state index in [0.29, 0.717) is 5.75 Å². The van der Waals surface area contributed by atoms with Gasteiger partial charge in [-0.1, -0.05) is 25.1 Å². The Balaban J connectivity index is 2.32. The minimum Gasteiger partial charge on any atom is -0.507 e. The zero-order chi connectivity index (χ0) is 12.6.